The number of aliphatic carboxylic acids is 1. The first kappa shape index (κ1) is 30.0. The highest BCUT2D eigenvalue weighted by Gasteiger charge is 2.13. The van der Waals surface area contributed by atoms with E-state index in [0.717, 1.165) is 24.2 Å². The van der Waals surface area contributed by atoms with E-state index in [4.69, 9.17) is 5.11 Å². The Balaban J connectivity index is 0. The molecule has 0 saturated carbocycles. The topological polar surface area (TPSA) is 49.3 Å². The Bertz CT molecular complexity index is 415. The molecular weight excluding hydrogens is 390 g/mol. The van der Waals surface area contributed by atoms with Crippen LogP contribution in [0.15, 0.2) is 11.6 Å². The number of thiol groups is 1. The van der Waals surface area contributed by atoms with E-state index in [1.54, 1.807) is 0 Å². The maximum Gasteiger partial charge on any atom is 0.321 e. The second-order valence-electron chi connectivity index (χ2n) is 8.89. The van der Waals surface area contributed by atoms with Crippen LogP contribution in [0.5, 0.6) is 0 Å². The van der Waals surface area contributed by atoms with E-state index in [2.05, 4.69) is 58.6 Å². The van der Waals surface area contributed by atoms with Gasteiger partial charge in [0.25, 0.3) is 0 Å². The summed E-state index contributed by atoms with van der Waals surface area (Å²) in [6, 6.07) is -0.565. The number of carbonyl (C=O) groups is 1. The van der Waals surface area contributed by atoms with Crippen LogP contribution >= 0.6 is 25.0 Å². The van der Waals surface area contributed by atoms with E-state index in [1.165, 1.54) is 56.9 Å². The summed E-state index contributed by atoms with van der Waals surface area (Å²) >= 11 is 4.06. The fourth-order valence-electron chi connectivity index (χ4n) is 3.41. The third-order valence-electron chi connectivity index (χ3n) is 5.44. The second-order valence-corrected chi connectivity index (χ2v) is 9.26. The molecule has 5 heteroatoms. The Kier molecular flexibility index (Phi) is 20.2. The Morgan fingerprint density at radius 2 is 1.46 bits per heavy atom. The number of rotatable bonds is 17. The van der Waals surface area contributed by atoms with Gasteiger partial charge in [0, 0.05) is 12.3 Å². The molecule has 28 heavy (non-hydrogen) atoms. The summed E-state index contributed by atoms with van der Waals surface area (Å²) in [7, 11) is 0. The summed E-state index contributed by atoms with van der Waals surface area (Å²) in [4.78, 5) is 10.9. The molecule has 2 N–H and O–H groups in total. The predicted octanol–water partition coefficient (Wildman–Crippen LogP) is 6.77. The number of hydrogen-bond acceptors (Lipinski definition) is 3. The average Bonchev–Trinajstić information content (AvgIpc) is 2.58. The molecule has 3 unspecified atom stereocenters. The lowest BCUT2D eigenvalue weighted by Gasteiger charge is -2.15. The molecule has 0 aromatic carbocycles. The Labute approximate surface area is 186 Å². The first-order valence-electron chi connectivity index (χ1n) is 11.0. The standard InChI is InChI=1S/C23H45NO2S.ClH/c1-18(2)9-6-10-19(3)11-7-12-20(4)13-8-14-21(5)15-16-24-22(17-27)23(25)26;/h15,18-20,22,24,27H,6-14,16-17H2,1-5H3,(H,25,26);1H/b21-15+;. The third-order valence-corrected chi connectivity index (χ3v) is 5.80. The molecule has 0 spiro atoms. The predicted molar refractivity (Wildman–Crippen MR) is 129 cm³/mol. The van der Waals surface area contributed by atoms with Gasteiger partial charge >= 0.3 is 5.97 Å². The largest absolute Gasteiger partial charge is 0.480 e. The number of allylic oxidation sites excluding steroid dienone is 1. The van der Waals surface area contributed by atoms with Crippen molar-refractivity contribution in [2.45, 2.75) is 98.4 Å². The van der Waals surface area contributed by atoms with Crippen molar-refractivity contribution in [3.05, 3.63) is 11.6 Å². The molecule has 0 heterocycles. The summed E-state index contributed by atoms with van der Waals surface area (Å²) in [6.07, 6.45) is 14.0. The monoisotopic (exact) mass is 435 g/mol. The van der Waals surface area contributed by atoms with Crippen LogP contribution in [0.2, 0.25) is 0 Å². The molecule has 3 nitrogen and oxygen atoms in total. The van der Waals surface area contributed by atoms with Gasteiger partial charge in [0.1, 0.15) is 6.04 Å². The highest BCUT2D eigenvalue weighted by atomic mass is 35.5. The summed E-state index contributed by atoms with van der Waals surface area (Å²) in [5.41, 5.74) is 1.34. The zero-order valence-corrected chi connectivity index (χ0v) is 20.6. The van der Waals surface area contributed by atoms with Crippen molar-refractivity contribution in [2.75, 3.05) is 12.3 Å². The molecule has 0 saturated heterocycles. The Morgan fingerprint density at radius 3 is 1.93 bits per heavy atom. The normalized spacial score (nSPS) is 15.2. The number of carboxylic acid groups (broad SMARTS) is 1. The van der Waals surface area contributed by atoms with Crippen LogP contribution in [-0.4, -0.2) is 29.4 Å². The summed E-state index contributed by atoms with van der Waals surface area (Å²) in [5, 5.41) is 12.0. The van der Waals surface area contributed by atoms with Crippen LogP contribution in [0.3, 0.4) is 0 Å². The van der Waals surface area contributed by atoms with Crippen LogP contribution < -0.4 is 5.32 Å². The minimum absolute atomic E-state index is 0. The summed E-state index contributed by atoms with van der Waals surface area (Å²) in [6.45, 7) is 12.2. The van der Waals surface area contributed by atoms with E-state index in [1.807, 2.05) is 0 Å². The zero-order valence-electron chi connectivity index (χ0n) is 18.9. The number of halogens is 1. The molecule has 0 aromatic rings. The van der Waals surface area contributed by atoms with E-state index >= 15 is 0 Å². The van der Waals surface area contributed by atoms with Gasteiger partial charge in [-0.3, -0.25) is 4.79 Å². The maximum absolute atomic E-state index is 10.9. The SMILES string of the molecule is C/C(=C\CNC(CS)C(=O)O)CCCC(C)CCCC(C)CCCC(C)C.Cl. The van der Waals surface area contributed by atoms with Gasteiger partial charge in [0.15, 0.2) is 0 Å². The Hall–Kier alpha value is -0.190. The van der Waals surface area contributed by atoms with Gasteiger partial charge in [-0.1, -0.05) is 84.3 Å². The van der Waals surface area contributed by atoms with Crippen LogP contribution in [0, 0.1) is 17.8 Å². The lowest BCUT2D eigenvalue weighted by molar-refractivity contribution is -0.138. The van der Waals surface area contributed by atoms with Crippen molar-refractivity contribution >= 4 is 31.0 Å². The molecule has 0 rings (SSSR count). The quantitative estimate of drug-likeness (QED) is 0.174. The molecule has 0 radical (unpaired) electrons. The van der Waals surface area contributed by atoms with E-state index in [-0.39, 0.29) is 12.4 Å². The highest BCUT2D eigenvalue weighted by Crippen LogP contribution is 2.22. The van der Waals surface area contributed by atoms with Gasteiger partial charge in [0.05, 0.1) is 0 Å². The first-order chi connectivity index (χ1) is 12.8. The van der Waals surface area contributed by atoms with Gasteiger partial charge < -0.3 is 10.4 Å². The number of nitrogens with one attached hydrogen (secondary N) is 1. The minimum atomic E-state index is -0.834. The van der Waals surface area contributed by atoms with Gasteiger partial charge in [-0.15, -0.1) is 12.4 Å². The molecular formula is C23H46ClNO2S. The molecule has 0 aliphatic rings. The van der Waals surface area contributed by atoms with Crippen molar-refractivity contribution < 1.29 is 9.90 Å². The molecule has 3 atom stereocenters. The first-order valence-corrected chi connectivity index (χ1v) is 11.6. The van der Waals surface area contributed by atoms with Crippen LogP contribution in [0.4, 0.5) is 0 Å². The molecule has 0 fully saturated rings. The molecule has 0 amide bonds. The molecule has 168 valence electrons. The third kappa shape index (κ3) is 17.9. The van der Waals surface area contributed by atoms with Crippen molar-refractivity contribution in [1.29, 1.82) is 0 Å². The zero-order chi connectivity index (χ0) is 20.7. The Morgan fingerprint density at radius 1 is 0.964 bits per heavy atom. The summed E-state index contributed by atoms with van der Waals surface area (Å²) < 4.78 is 0. The highest BCUT2D eigenvalue weighted by molar-refractivity contribution is 7.80. The van der Waals surface area contributed by atoms with Crippen LogP contribution in [-0.2, 0) is 4.79 Å². The fraction of sp³-hybridized carbons (Fsp3) is 0.870. The van der Waals surface area contributed by atoms with Gasteiger partial charge in [-0.2, -0.15) is 12.6 Å². The number of carboxylic acids is 1. The molecule has 0 aromatic heterocycles. The van der Waals surface area contributed by atoms with Gasteiger partial charge in [-0.25, -0.2) is 0 Å². The lowest BCUT2D eigenvalue weighted by Crippen LogP contribution is -2.38. The fourth-order valence-corrected chi connectivity index (χ4v) is 3.70. The van der Waals surface area contributed by atoms with Crippen LogP contribution in [0.1, 0.15) is 92.4 Å². The number of hydrogen-bond donors (Lipinski definition) is 3. The molecule has 0 bridgehead atoms. The van der Waals surface area contributed by atoms with E-state index in [9.17, 15) is 4.79 Å². The smallest absolute Gasteiger partial charge is 0.321 e. The molecule has 0 aliphatic heterocycles. The maximum atomic E-state index is 10.9. The van der Waals surface area contributed by atoms with Crippen molar-refractivity contribution in [1.82, 2.24) is 5.32 Å². The van der Waals surface area contributed by atoms with Crippen molar-refractivity contribution in [3.8, 4) is 0 Å². The summed E-state index contributed by atoms with van der Waals surface area (Å²) in [5.74, 6) is 2.00. The molecule has 0 aliphatic carbocycles. The minimum Gasteiger partial charge on any atom is -0.480 e. The van der Waals surface area contributed by atoms with E-state index in [0.29, 0.717) is 12.3 Å². The van der Waals surface area contributed by atoms with E-state index < -0.39 is 12.0 Å². The van der Waals surface area contributed by atoms with Crippen molar-refractivity contribution in [3.63, 3.8) is 0 Å². The van der Waals surface area contributed by atoms with Crippen molar-refractivity contribution in [2.24, 2.45) is 17.8 Å². The van der Waals surface area contributed by atoms with Gasteiger partial charge in [0.2, 0.25) is 0 Å². The van der Waals surface area contributed by atoms with Crippen LogP contribution in [0.25, 0.3) is 0 Å². The second kappa shape index (κ2) is 18.8. The average molecular weight is 436 g/mol. The lowest BCUT2D eigenvalue weighted by atomic mass is 9.91. The van der Waals surface area contributed by atoms with Gasteiger partial charge in [-0.05, 0) is 37.5 Å².